The number of nitrogens with zero attached hydrogens (tertiary/aromatic N) is 12. The fourth-order valence-corrected chi connectivity index (χ4v) is 9.54. The summed E-state index contributed by atoms with van der Waals surface area (Å²) in [5, 5.41) is 22.4. The van der Waals surface area contributed by atoms with Gasteiger partial charge in [-0.25, -0.2) is 15.0 Å². The molecule has 18 heteroatoms. The SMILES string of the molecule is COc1cc(CO)cc(Cc2ccc3ncc(-c4cnn(C)c4)nc3c2)c1.COc1cc(Cc2ccc3ncc(-c4cnn(C(C)C)c4)nc3c2)cc(OC)c1.[2H]C([2H])([2H])Oc1cc(Cc2ccc3ncc(-c4cnn(C(C)C)c4)nc3c2)cc(OC([2H])([2H])[2H])c1. The van der Waals surface area contributed by atoms with Gasteiger partial charge in [0.15, 0.2) is 0 Å². The molecule has 6 aromatic carbocycles. The first-order chi connectivity index (χ1) is 43.5. The zero-order chi connectivity index (χ0) is 64.6. The highest BCUT2D eigenvalue weighted by Gasteiger charge is 2.13. The van der Waals surface area contributed by atoms with Crippen molar-refractivity contribution >= 4 is 33.1 Å². The van der Waals surface area contributed by atoms with E-state index in [0.29, 0.717) is 29.2 Å². The molecule has 0 spiro atoms. The van der Waals surface area contributed by atoms with Crippen LogP contribution in [0.15, 0.2) is 165 Å². The number of aliphatic hydroxyl groups excluding tert-OH is 1. The van der Waals surface area contributed by atoms with Crippen LogP contribution in [0.25, 0.3) is 66.9 Å². The molecule has 0 unspecified atom stereocenters. The number of aryl methyl sites for hydroxylation is 1. The molecule has 0 saturated carbocycles. The van der Waals surface area contributed by atoms with E-state index in [2.05, 4.69) is 68.4 Å². The first-order valence-electron chi connectivity index (χ1n) is 30.4. The normalized spacial score (nSPS) is 12.5. The Morgan fingerprint density at radius 1 is 0.400 bits per heavy atom. The second-order valence-electron chi connectivity index (χ2n) is 20.9. The van der Waals surface area contributed by atoms with Crippen molar-refractivity contribution < 1.29 is 37.0 Å². The molecule has 0 aliphatic rings. The van der Waals surface area contributed by atoms with Gasteiger partial charge < -0.3 is 28.8 Å². The van der Waals surface area contributed by atoms with Gasteiger partial charge >= 0.3 is 0 Å². The number of fused-ring (bicyclic) bond motifs is 3. The van der Waals surface area contributed by atoms with Crippen molar-refractivity contribution in [1.82, 2.24) is 59.2 Å². The summed E-state index contributed by atoms with van der Waals surface area (Å²) in [5.41, 5.74) is 16.7. The fourth-order valence-electron chi connectivity index (χ4n) is 9.54. The third-order valence-electron chi connectivity index (χ3n) is 13.9. The van der Waals surface area contributed by atoms with Gasteiger partial charge in [-0.05, 0) is 159 Å². The Hall–Kier alpha value is -10.1. The summed E-state index contributed by atoms with van der Waals surface area (Å²) in [7, 11) is 1.46. The lowest BCUT2D eigenvalue weighted by Crippen LogP contribution is -1.99. The van der Waals surface area contributed by atoms with Crippen LogP contribution in [0.1, 0.15) is 86.9 Å². The first-order valence-corrected chi connectivity index (χ1v) is 27.4. The minimum absolute atomic E-state index is 0.00761. The average Bonchev–Trinajstić information content (AvgIpc) is 2.19. The number of hydrogen-bond acceptors (Lipinski definition) is 15. The van der Waals surface area contributed by atoms with Gasteiger partial charge in [0.25, 0.3) is 0 Å². The van der Waals surface area contributed by atoms with Gasteiger partial charge in [-0.1, -0.05) is 24.3 Å². The lowest BCUT2D eigenvalue weighted by Gasteiger charge is -2.09. The molecule has 0 saturated heterocycles. The zero-order valence-electron chi connectivity index (χ0n) is 54.4. The lowest BCUT2D eigenvalue weighted by molar-refractivity contribution is 0.281. The van der Waals surface area contributed by atoms with E-state index in [1.807, 2.05) is 122 Å². The van der Waals surface area contributed by atoms with Crippen molar-refractivity contribution in [3.8, 4) is 62.5 Å². The Morgan fingerprint density at radius 3 is 1.09 bits per heavy atom. The van der Waals surface area contributed by atoms with Gasteiger partial charge in [-0.2, -0.15) is 15.3 Å². The van der Waals surface area contributed by atoms with Gasteiger partial charge in [0.05, 0.1) is 138 Å². The molecule has 6 heterocycles. The minimum atomic E-state index is -2.69. The quantitative estimate of drug-likeness (QED) is 0.0903. The molecule has 0 amide bonds. The summed E-state index contributed by atoms with van der Waals surface area (Å²) in [6.45, 7) is 8.27. The Balaban J connectivity index is 0.000000151. The largest absolute Gasteiger partial charge is 0.497 e. The molecule has 12 rings (SSSR count). The van der Waals surface area contributed by atoms with Crippen LogP contribution in [-0.2, 0) is 32.9 Å². The van der Waals surface area contributed by atoms with Crippen molar-refractivity contribution in [2.24, 2.45) is 7.05 Å². The maximum absolute atomic E-state index is 9.45. The van der Waals surface area contributed by atoms with Crippen LogP contribution >= 0.6 is 0 Å². The topological polar surface area (TPSA) is 197 Å². The van der Waals surface area contributed by atoms with Gasteiger partial charge in [0, 0.05) is 66.5 Å². The van der Waals surface area contributed by atoms with Crippen LogP contribution in [-0.4, -0.2) is 99.8 Å². The summed E-state index contributed by atoms with van der Waals surface area (Å²) in [5.74, 6) is 2.29. The number of benzene rings is 6. The molecule has 6 aromatic heterocycles. The minimum Gasteiger partial charge on any atom is -0.497 e. The summed E-state index contributed by atoms with van der Waals surface area (Å²) in [4.78, 5) is 27.9. The molecule has 0 fully saturated rings. The maximum Gasteiger partial charge on any atom is 0.122 e. The molecule has 18 nitrogen and oxygen atoms in total. The molecular formula is C67H68N12O6. The van der Waals surface area contributed by atoms with Crippen LogP contribution in [0.4, 0.5) is 0 Å². The Morgan fingerprint density at radius 2 is 0.753 bits per heavy atom. The second-order valence-corrected chi connectivity index (χ2v) is 20.9. The standard InChI is InChI=1S/2C23H24N4O2.C21H20N4O2/c2*1-15(2)27-14-18(12-25-27)23-13-24-21-6-5-16(10-22(21)26-23)7-17-8-19(28-3)11-20(9-17)29-4;1-25-12-17(10-23-25)21-11-22-19-4-3-14(9-20(19)24-21)5-15-6-16(13-26)8-18(7-15)27-2/h2*5-6,8-15H,7H2,1-4H3;3-4,6-12,26H,5,13H2,1-2H3/i3D3,4D3;;. The molecule has 12 aromatic rings. The second kappa shape index (κ2) is 26.4. The summed E-state index contributed by atoms with van der Waals surface area (Å²) < 4.78 is 75.7. The van der Waals surface area contributed by atoms with Crippen LogP contribution in [0.3, 0.4) is 0 Å². The predicted molar refractivity (Wildman–Crippen MR) is 330 cm³/mol. The number of rotatable bonds is 17. The number of aliphatic hydroxyl groups is 1. The third kappa shape index (κ3) is 14.4. The van der Waals surface area contributed by atoms with Crippen molar-refractivity contribution in [2.75, 3.05) is 35.4 Å². The molecule has 1 N–H and O–H groups in total. The van der Waals surface area contributed by atoms with Crippen LogP contribution in [0, 0.1) is 0 Å². The van der Waals surface area contributed by atoms with E-state index in [9.17, 15) is 5.11 Å². The first kappa shape index (κ1) is 50.6. The van der Waals surface area contributed by atoms with Crippen molar-refractivity contribution in [1.29, 1.82) is 0 Å². The van der Waals surface area contributed by atoms with E-state index >= 15 is 0 Å². The van der Waals surface area contributed by atoms with E-state index in [0.717, 1.165) is 119 Å². The van der Waals surface area contributed by atoms with Crippen molar-refractivity contribution in [2.45, 2.75) is 65.6 Å². The monoisotopic (exact) mass is 1140 g/mol. The molecular weight excluding hydrogens is 1070 g/mol. The smallest absolute Gasteiger partial charge is 0.122 e. The summed E-state index contributed by atoms with van der Waals surface area (Å²) in [6.07, 6.45) is 18.3. The molecule has 0 bridgehead atoms. The summed E-state index contributed by atoms with van der Waals surface area (Å²) in [6, 6.07) is 34.5. The Labute approximate surface area is 502 Å². The van der Waals surface area contributed by atoms with Crippen molar-refractivity contribution in [3.63, 3.8) is 0 Å². The zero-order valence-corrected chi connectivity index (χ0v) is 48.4. The van der Waals surface area contributed by atoms with Crippen LogP contribution < -0.4 is 23.7 Å². The maximum atomic E-state index is 9.45. The Bertz CT molecular complexity index is 4430. The predicted octanol–water partition coefficient (Wildman–Crippen LogP) is 12.5. The van der Waals surface area contributed by atoms with Gasteiger partial charge in [-0.3, -0.25) is 29.0 Å². The summed E-state index contributed by atoms with van der Waals surface area (Å²) >= 11 is 0. The van der Waals surface area contributed by atoms with E-state index in [1.165, 1.54) is 6.07 Å². The van der Waals surface area contributed by atoms with Gasteiger partial charge in [-0.15, -0.1) is 0 Å². The molecule has 432 valence electrons. The molecule has 85 heavy (non-hydrogen) atoms. The van der Waals surface area contributed by atoms with E-state index in [4.69, 9.17) is 46.9 Å². The van der Waals surface area contributed by atoms with E-state index < -0.39 is 14.1 Å². The fraction of sp³-hybridized carbons (Fsp3) is 0.239. The number of hydrogen-bond donors (Lipinski definition) is 1. The number of methoxy groups -OCH3 is 5. The molecule has 0 aliphatic carbocycles. The Kier molecular flexibility index (Phi) is 15.8. The molecule has 0 aliphatic heterocycles. The number of aromatic nitrogens is 12. The van der Waals surface area contributed by atoms with Gasteiger partial charge in [0.1, 0.15) is 28.7 Å². The van der Waals surface area contributed by atoms with Crippen molar-refractivity contribution in [3.05, 3.63) is 204 Å². The number of ether oxygens (including phenoxy) is 5. The highest BCUT2D eigenvalue weighted by molar-refractivity contribution is 5.80. The highest BCUT2D eigenvalue weighted by atomic mass is 16.5. The van der Waals surface area contributed by atoms with Crippen LogP contribution in [0.5, 0.6) is 28.7 Å². The third-order valence-corrected chi connectivity index (χ3v) is 13.9. The van der Waals surface area contributed by atoms with E-state index in [1.54, 1.807) is 69.1 Å². The van der Waals surface area contributed by atoms with Gasteiger partial charge in [0.2, 0.25) is 0 Å². The van der Waals surface area contributed by atoms with E-state index in [-0.39, 0.29) is 24.1 Å². The highest BCUT2D eigenvalue weighted by Crippen LogP contribution is 2.29. The van der Waals surface area contributed by atoms with Crippen LogP contribution in [0.2, 0.25) is 0 Å². The average molecular weight is 1140 g/mol. The lowest BCUT2D eigenvalue weighted by atomic mass is 10.0. The molecule has 0 radical (unpaired) electrons. The molecule has 0 atom stereocenters.